The number of hydrogen-bond donors (Lipinski definition) is 0. The first kappa shape index (κ1) is 14.0. The predicted octanol–water partition coefficient (Wildman–Crippen LogP) is 3.52. The zero-order chi connectivity index (χ0) is 13.8. The van der Waals surface area contributed by atoms with Gasteiger partial charge in [-0.1, -0.05) is 65.6 Å². The van der Waals surface area contributed by atoms with Crippen LogP contribution >= 0.6 is 35.3 Å². The summed E-state index contributed by atoms with van der Waals surface area (Å²) in [6.45, 7) is 0.704. The maximum atomic E-state index is 4.64. The molecule has 0 N–H and O–H groups in total. The van der Waals surface area contributed by atoms with Gasteiger partial charge in [0.15, 0.2) is 0 Å². The molecular formula is C13H14N4S3. The Morgan fingerprint density at radius 1 is 1.25 bits per heavy atom. The first-order valence-electron chi connectivity index (χ1n) is 6.22. The Hall–Kier alpha value is -0.920. The van der Waals surface area contributed by atoms with Crippen LogP contribution in [0, 0.1) is 0 Å². The van der Waals surface area contributed by atoms with Gasteiger partial charge in [0.25, 0.3) is 5.95 Å². The van der Waals surface area contributed by atoms with Crippen molar-refractivity contribution in [2.45, 2.75) is 11.7 Å². The molecule has 1 aromatic heterocycles. The van der Waals surface area contributed by atoms with E-state index < -0.39 is 0 Å². The van der Waals surface area contributed by atoms with Crippen LogP contribution in [0.3, 0.4) is 0 Å². The van der Waals surface area contributed by atoms with Gasteiger partial charge in [0.2, 0.25) is 5.16 Å². The van der Waals surface area contributed by atoms with Crippen LogP contribution in [-0.2, 0) is 6.54 Å². The van der Waals surface area contributed by atoms with Crippen LogP contribution < -0.4 is 0 Å². The van der Waals surface area contributed by atoms with Crippen LogP contribution in [0.5, 0.6) is 0 Å². The van der Waals surface area contributed by atoms with Crippen molar-refractivity contribution in [2.24, 2.45) is 4.99 Å². The lowest BCUT2D eigenvalue weighted by molar-refractivity contribution is 0.670. The van der Waals surface area contributed by atoms with Crippen LogP contribution in [0.1, 0.15) is 5.56 Å². The van der Waals surface area contributed by atoms with E-state index in [9.17, 15) is 0 Å². The quantitative estimate of drug-likeness (QED) is 0.806. The fourth-order valence-electron chi connectivity index (χ4n) is 1.79. The molecule has 2 aromatic rings. The average molecular weight is 322 g/mol. The van der Waals surface area contributed by atoms with E-state index in [0.717, 1.165) is 21.0 Å². The Kier molecular flexibility index (Phi) is 4.69. The van der Waals surface area contributed by atoms with Gasteiger partial charge in [-0.05, 0) is 11.8 Å². The second kappa shape index (κ2) is 6.69. The van der Waals surface area contributed by atoms with Crippen molar-refractivity contribution < 1.29 is 0 Å². The second-order valence-electron chi connectivity index (χ2n) is 4.12. The zero-order valence-corrected chi connectivity index (χ0v) is 13.5. The molecule has 0 amide bonds. The van der Waals surface area contributed by atoms with Gasteiger partial charge < -0.3 is 0 Å². The van der Waals surface area contributed by atoms with Gasteiger partial charge in [0, 0.05) is 11.5 Å². The summed E-state index contributed by atoms with van der Waals surface area (Å²) in [5.74, 6) is 2.97. The molecule has 2 heterocycles. The number of rotatable bonds is 4. The summed E-state index contributed by atoms with van der Waals surface area (Å²) in [4.78, 5) is 9.13. The molecule has 1 fully saturated rings. The van der Waals surface area contributed by atoms with Crippen molar-refractivity contribution in [2.75, 3.05) is 17.8 Å². The number of aromatic nitrogens is 3. The Morgan fingerprint density at radius 2 is 2.00 bits per heavy atom. The van der Waals surface area contributed by atoms with Crippen molar-refractivity contribution in [1.82, 2.24) is 14.8 Å². The molecule has 3 rings (SSSR count). The Balaban J connectivity index is 1.88. The number of aliphatic imine (C=N–C) groups is 1. The summed E-state index contributed by atoms with van der Waals surface area (Å²) in [6, 6.07) is 10.3. The summed E-state index contributed by atoms with van der Waals surface area (Å²) < 4.78 is 2.98. The maximum absolute atomic E-state index is 4.64. The van der Waals surface area contributed by atoms with E-state index in [2.05, 4.69) is 27.2 Å². The van der Waals surface area contributed by atoms with Crippen molar-refractivity contribution >= 4 is 45.6 Å². The molecule has 0 atom stereocenters. The van der Waals surface area contributed by atoms with Gasteiger partial charge >= 0.3 is 0 Å². The van der Waals surface area contributed by atoms with Crippen molar-refractivity contribution in [3.05, 3.63) is 35.9 Å². The maximum Gasteiger partial charge on any atom is 0.250 e. The fourth-order valence-corrected chi connectivity index (χ4v) is 4.29. The van der Waals surface area contributed by atoms with Crippen molar-refractivity contribution in [1.29, 1.82) is 0 Å². The lowest BCUT2D eigenvalue weighted by atomic mass is 10.2. The first-order chi connectivity index (χ1) is 9.85. The molecule has 20 heavy (non-hydrogen) atoms. The van der Waals surface area contributed by atoms with Crippen LogP contribution in [-0.4, -0.2) is 36.9 Å². The molecule has 0 saturated carbocycles. The molecule has 7 heteroatoms. The second-order valence-corrected chi connectivity index (χ2v) is 7.32. The van der Waals surface area contributed by atoms with Gasteiger partial charge in [0.05, 0.1) is 6.54 Å². The Bertz CT molecular complexity index is 601. The predicted molar refractivity (Wildman–Crippen MR) is 89.4 cm³/mol. The van der Waals surface area contributed by atoms with E-state index in [1.165, 1.54) is 5.56 Å². The van der Waals surface area contributed by atoms with E-state index in [0.29, 0.717) is 12.5 Å². The SMILES string of the molecule is CSc1nc(N=C2SCCS2)n(Cc2ccccc2)n1. The lowest BCUT2D eigenvalue weighted by Crippen LogP contribution is -2.01. The average Bonchev–Trinajstić information content (AvgIpc) is 3.11. The third-order valence-electron chi connectivity index (χ3n) is 2.72. The Labute approximate surface area is 130 Å². The van der Waals surface area contributed by atoms with Crippen molar-refractivity contribution in [3.8, 4) is 0 Å². The van der Waals surface area contributed by atoms with Crippen molar-refractivity contribution in [3.63, 3.8) is 0 Å². The topological polar surface area (TPSA) is 43.1 Å². The van der Waals surface area contributed by atoms with E-state index in [4.69, 9.17) is 0 Å². The molecule has 0 aliphatic carbocycles. The highest BCUT2D eigenvalue weighted by Gasteiger charge is 2.14. The van der Waals surface area contributed by atoms with E-state index in [1.54, 1.807) is 35.3 Å². The summed E-state index contributed by atoms with van der Waals surface area (Å²) in [6.07, 6.45) is 1.98. The molecular weight excluding hydrogens is 308 g/mol. The smallest absolute Gasteiger partial charge is 0.224 e. The number of hydrogen-bond acceptors (Lipinski definition) is 6. The molecule has 1 saturated heterocycles. The molecule has 4 nitrogen and oxygen atoms in total. The third kappa shape index (κ3) is 3.39. The Morgan fingerprint density at radius 3 is 2.70 bits per heavy atom. The monoisotopic (exact) mass is 322 g/mol. The molecule has 1 aliphatic heterocycles. The van der Waals surface area contributed by atoms with Gasteiger partial charge in [0.1, 0.15) is 4.38 Å². The van der Waals surface area contributed by atoms with Gasteiger partial charge in [-0.25, -0.2) is 4.68 Å². The molecule has 0 bridgehead atoms. The standard InChI is InChI=1S/C13H14N4S3/c1-18-12-14-11(15-13-19-7-8-20-13)17(16-12)9-10-5-3-2-4-6-10/h2-6H,7-9H2,1H3. The summed E-state index contributed by atoms with van der Waals surface area (Å²) in [5.41, 5.74) is 1.21. The van der Waals surface area contributed by atoms with Crippen LogP contribution in [0.15, 0.2) is 40.5 Å². The molecule has 0 spiro atoms. The van der Waals surface area contributed by atoms with Crippen LogP contribution in [0.25, 0.3) is 0 Å². The normalized spacial score (nSPS) is 14.8. The van der Waals surface area contributed by atoms with Gasteiger partial charge in [-0.2, -0.15) is 9.98 Å². The van der Waals surface area contributed by atoms with Gasteiger partial charge in [-0.3, -0.25) is 0 Å². The number of benzene rings is 1. The largest absolute Gasteiger partial charge is 0.250 e. The minimum atomic E-state index is 0.704. The lowest BCUT2D eigenvalue weighted by Gasteiger charge is -2.03. The van der Waals surface area contributed by atoms with E-state index in [-0.39, 0.29) is 0 Å². The highest BCUT2D eigenvalue weighted by Crippen LogP contribution is 2.29. The number of nitrogens with zero attached hydrogens (tertiary/aromatic N) is 4. The van der Waals surface area contributed by atoms with Crippen LogP contribution in [0.2, 0.25) is 0 Å². The first-order valence-corrected chi connectivity index (χ1v) is 9.42. The highest BCUT2D eigenvalue weighted by atomic mass is 32.2. The van der Waals surface area contributed by atoms with E-state index in [1.807, 2.05) is 29.1 Å². The van der Waals surface area contributed by atoms with Gasteiger partial charge in [-0.15, -0.1) is 5.10 Å². The molecule has 0 unspecified atom stereocenters. The fraction of sp³-hybridized carbons (Fsp3) is 0.308. The third-order valence-corrected chi connectivity index (χ3v) is 5.71. The molecule has 104 valence electrons. The molecule has 1 aromatic carbocycles. The molecule has 1 aliphatic rings. The summed E-state index contributed by atoms with van der Waals surface area (Å²) >= 11 is 5.13. The minimum Gasteiger partial charge on any atom is -0.224 e. The number of thioether (sulfide) groups is 3. The zero-order valence-electron chi connectivity index (χ0n) is 11.0. The summed E-state index contributed by atoms with van der Waals surface area (Å²) in [7, 11) is 0. The minimum absolute atomic E-state index is 0.704. The molecule has 0 radical (unpaired) electrons. The highest BCUT2D eigenvalue weighted by molar-refractivity contribution is 8.41. The van der Waals surface area contributed by atoms with Crippen LogP contribution in [0.4, 0.5) is 5.95 Å². The summed E-state index contributed by atoms with van der Waals surface area (Å²) in [5, 5.41) is 5.28. The van der Waals surface area contributed by atoms with E-state index >= 15 is 0 Å².